The van der Waals surface area contributed by atoms with Crippen molar-refractivity contribution in [1.82, 2.24) is 9.97 Å². The molecular weight excluding hydrogens is 218 g/mol. The first-order valence-electron chi connectivity index (χ1n) is 5.20. The predicted molar refractivity (Wildman–Crippen MR) is 64.5 cm³/mol. The topological polar surface area (TPSA) is 92.0 Å². The van der Waals surface area contributed by atoms with Gasteiger partial charge in [-0.2, -0.15) is 0 Å². The summed E-state index contributed by atoms with van der Waals surface area (Å²) in [5.41, 5.74) is 8.66. The van der Waals surface area contributed by atoms with Crippen LogP contribution in [-0.2, 0) is 11.2 Å². The molecule has 1 heterocycles. The first-order chi connectivity index (χ1) is 8.08. The second kappa shape index (κ2) is 4.29. The molecular formula is C12H13N3O2. The molecule has 1 aromatic carbocycles. The molecule has 2 rings (SSSR count). The normalized spacial score (nSPS) is 10.4. The molecule has 0 atom stereocenters. The number of aliphatic carboxylic acids is 1. The van der Waals surface area contributed by atoms with Crippen LogP contribution in [0.1, 0.15) is 11.3 Å². The second-order valence-electron chi connectivity index (χ2n) is 3.82. The van der Waals surface area contributed by atoms with Crippen LogP contribution in [0, 0.1) is 6.92 Å². The van der Waals surface area contributed by atoms with Crippen molar-refractivity contribution in [3.8, 4) is 11.3 Å². The Kier molecular flexibility index (Phi) is 2.82. The Morgan fingerprint density at radius 3 is 2.76 bits per heavy atom. The van der Waals surface area contributed by atoms with E-state index in [0.717, 1.165) is 16.8 Å². The molecule has 0 saturated carbocycles. The summed E-state index contributed by atoms with van der Waals surface area (Å²) in [4.78, 5) is 17.9. The van der Waals surface area contributed by atoms with Gasteiger partial charge in [0.05, 0.1) is 12.1 Å². The maximum atomic E-state index is 10.8. The Bertz CT molecular complexity index is 561. The third kappa shape index (κ3) is 2.28. The number of aromatic amines is 1. The maximum absolute atomic E-state index is 10.8. The highest BCUT2D eigenvalue weighted by molar-refractivity contribution is 5.76. The molecule has 5 heteroatoms. The molecule has 0 aliphatic rings. The van der Waals surface area contributed by atoms with E-state index in [1.165, 1.54) is 0 Å². The Balaban J connectivity index is 2.51. The lowest BCUT2D eigenvalue weighted by molar-refractivity contribution is -0.136. The smallest absolute Gasteiger partial charge is 0.307 e. The molecule has 5 nitrogen and oxygen atoms in total. The first kappa shape index (κ1) is 11.2. The van der Waals surface area contributed by atoms with Gasteiger partial charge in [0.2, 0.25) is 0 Å². The molecule has 4 N–H and O–H groups in total. The number of hydrogen-bond donors (Lipinski definition) is 3. The lowest BCUT2D eigenvalue weighted by Crippen LogP contribution is -2.02. The van der Waals surface area contributed by atoms with Crippen molar-refractivity contribution in [3.63, 3.8) is 0 Å². The number of aryl methyl sites for hydroxylation is 1. The predicted octanol–water partition coefficient (Wildman–Crippen LogP) is 1.59. The number of nitrogens with one attached hydrogen (secondary N) is 1. The van der Waals surface area contributed by atoms with Gasteiger partial charge in [0, 0.05) is 11.3 Å². The fourth-order valence-corrected chi connectivity index (χ4v) is 1.81. The number of anilines is 1. The molecule has 1 aromatic heterocycles. The van der Waals surface area contributed by atoms with Gasteiger partial charge in [-0.1, -0.05) is 24.3 Å². The molecule has 0 radical (unpaired) electrons. The molecule has 88 valence electrons. The summed E-state index contributed by atoms with van der Waals surface area (Å²) in [5, 5.41) is 8.86. The number of H-pyrrole nitrogens is 1. The number of imidazole rings is 1. The first-order valence-corrected chi connectivity index (χ1v) is 5.20. The van der Waals surface area contributed by atoms with Gasteiger partial charge in [0.15, 0.2) is 5.95 Å². The molecule has 17 heavy (non-hydrogen) atoms. The maximum Gasteiger partial charge on any atom is 0.307 e. The number of hydrogen-bond acceptors (Lipinski definition) is 3. The van der Waals surface area contributed by atoms with E-state index >= 15 is 0 Å². The third-order valence-electron chi connectivity index (χ3n) is 2.52. The van der Waals surface area contributed by atoms with Crippen LogP contribution in [-0.4, -0.2) is 21.0 Å². The van der Waals surface area contributed by atoms with Crippen LogP contribution in [0.25, 0.3) is 11.3 Å². The van der Waals surface area contributed by atoms with Gasteiger partial charge in [0.25, 0.3) is 0 Å². The van der Waals surface area contributed by atoms with E-state index in [0.29, 0.717) is 11.6 Å². The van der Waals surface area contributed by atoms with Crippen molar-refractivity contribution in [2.45, 2.75) is 13.3 Å². The summed E-state index contributed by atoms with van der Waals surface area (Å²) in [7, 11) is 0. The quantitative estimate of drug-likeness (QED) is 0.748. The van der Waals surface area contributed by atoms with Crippen LogP contribution >= 0.6 is 0 Å². The number of nitrogens with zero attached hydrogens (tertiary/aromatic N) is 1. The van der Waals surface area contributed by atoms with Crippen LogP contribution in [0.4, 0.5) is 5.95 Å². The van der Waals surface area contributed by atoms with Crippen molar-refractivity contribution >= 4 is 11.9 Å². The summed E-state index contributed by atoms with van der Waals surface area (Å²) in [6.07, 6.45) is -0.0254. The van der Waals surface area contributed by atoms with Gasteiger partial charge in [-0.25, -0.2) is 4.98 Å². The van der Waals surface area contributed by atoms with E-state index in [1.807, 2.05) is 25.1 Å². The highest BCUT2D eigenvalue weighted by Gasteiger charge is 2.13. The van der Waals surface area contributed by atoms with Gasteiger partial charge in [-0.05, 0) is 12.5 Å². The molecule has 0 aliphatic heterocycles. The minimum atomic E-state index is -0.862. The zero-order valence-corrected chi connectivity index (χ0v) is 9.40. The van der Waals surface area contributed by atoms with Crippen molar-refractivity contribution in [2.75, 3.05) is 5.73 Å². The van der Waals surface area contributed by atoms with Gasteiger partial charge < -0.3 is 15.8 Å². The largest absolute Gasteiger partial charge is 0.481 e. The average Bonchev–Trinajstić information content (AvgIpc) is 2.58. The fourth-order valence-electron chi connectivity index (χ4n) is 1.81. The summed E-state index contributed by atoms with van der Waals surface area (Å²) in [5.74, 6) is -0.527. The standard InChI is InChI=1S/C12H13N3O2/c1-7-11(15-12(13)14-7)9-5-3-2-4-8(9)6-10(16)17/h2-5H,6H2,1H3,(H,16,17)(H3,13,14,15). The van der Waals surface area contributed by atoms with Gasteiger partial charge in [-0.3, -0.25) is 4.79 Å². The molecule has 0 spiro atoms. The lowest BCUT2D eigenvalue weighted by Gasteiger charge is -2.05. The van der Waals surface area contributed by atoms with E-state index in [4.69, 9.17) is 10.8 Å². The van der Waals surface area contributed by atoms with E-state index < -0.39 is 5.97 Å². The number of nitrogens with two attached hydrogens (primary N) is 1. The van der Waals surface area contributed by atoms with Gasteiger partial charge in [-0.15, -0.1) is 0 Å². The van der Waals surface area contributed by atoms with E-state index in [-0.39, 0.29) is 6.42 Å². The summed E-state index contributed by atoms with van der Waals surface area (Å²) >= 11 is 0. The average molecular weight is 231 g/mol. The van der Waals surface area contributed by atoms with E-state index in [9.17, 15) is 4.79 Å². The molecule has 0 saturated heterocycles. The number of carbonyl (C=O) groups is 1. The van der Waals surface area contributed by atoms with Crippen LogP contribution in [0.3, 0.4) is 0 Å². The highest BCUT2D eigenvalue weighted by atomic mass is 16.4. The zero-order chi connectivity index (χ0) is 12.4. The number of benzene rings is 1. The molecule has 0 bridgehead atoms. The highest BCUT2D eigenvalue weighted by Crippen LogP contribution is 2.25. The zero-order valence-electron chi connectivity index (χ0n) is 9.40. The summed E-state index contributed by atoms with van der Waals surface area (Å²) in [6, 6.07) is 7.30. The van der Waals surface area contributed by atoms with Crippen molar-refractivity contribution in [2.24, 2.45) is 0 Å². The molecule has 2 aromatic rings. The SMILES string of the molecule is Cc1[nH]c(N)nc1-c1ccccc1CC(=O)O. The van der Waals surface area contributed by atoms with Gasteiger partial charge >= 0.3 is 5.97 Å². The molecule has 0 fully saturated rings. The number of carboxylic acid groups (broad SMARTS) is 1. The van der Waals surface area contributed by atoms with Gasteiger partial charge in [0.1, 0.15) is 0 Å². The summed E-state index contributed by atoms with van der Waals surface area (Å²) < 4.78 is 0. The van der Waals surface area contributed by atoms with Crippen molar-refractivity contribution < 1.29 is 9.90 Å². The lowest BCUT2D eigenvalue weighted by atomic mass is 10.0. The monoisotopic (exact) mass is 231 g/mol. The van der Waals surface area contributed by atoms with Crippen LogP contribution in [0.5, 0.6) is 0 Å². The Labute approximate surface area is 98.3 Å². The van der Waals surface area contributed by atoms with Crippen molar-refractivity contribution in [3.05, 3.63) is 35.5 Å². The Morgan fingerprint density at radius 2 is 2.18 bits per heavy atom. The minimum absolute atomic E-state index is 0.0254. The Morgan fingerprint density at radius 1 is 1.47 bits per heavy atom. The number of nitrogen functional groups attached to an aromatic ring is 1. The number of carboxylic acids is 1. The fraction of sp³-hybridized carbons (Fsp3) is 0.167. The van der Waals surface area contributed by atoms with Crippen LogP contribution < -0.4 is 5.73 Å². The number of aromatic nitrogens is 2. The Hall–Kier alpha value is -2.30. The second-order valence-corrected chi connectivity index (χ2v) is 3.82. The molecule has 0 amide bonds. The summed E-state index contributed by atoms with van der Waals surface area (Å²) in [6.45, 7) is 1.86. The van der Waals surface area contributed by atoms with Crippen LogP contribution in [0.2, 0.25) is 0 Å². The van der Waals surface area contributed by atoms with E-state index in [1.54, 1.807) is 6.07 Å². The molecule has 0 aliphatic carbocycles. The number of rotatable bonds is 3. The van der Waals surface area contributed by atoms with Crippen molar-refractivity contribution in [1.29, 1.82) is 0 Å². The minimum Gasteiger partial charge on any atom is -0.481 e. The third-order valence-corrected chi connectivity index (χ3v) is 2.52. The van der Waals surface area contributed by atoms with E-state index in [2.05, 4.69) is 9.97 Å². The molecule has 0 unspecified atom stereocenters. The van der Waals surface area contributed by atoms with Crippen LogP contribution in [0.15, 0.2) is 24.3 Å².